The quantitative estimate of drug-likeness (QED) is 0.734. The van der Waals surface area contributed by atoms with Crippen molar-refractivity contribution in [3.8, 4) is 11.5 Å². The molecule has 1 aliphatic heterocycles. The van der Waals surface area contributed by atoms with Gasteiger partial charge in [-0.25, -0.2) is 8.42 Å². The predicted octanol–water partition coefficient (Wildman–Crippen LogP) is 1.65. The summed E-state index contributed by atoms with van der Waals surface area (Å²) in [5.74, 6) is 1.19. The number of amides is 1. The number of carbonyl (C=O) groups excluding carboxylic acids is 1. The molecule has 3 rings (SSSR count). The van der Waals surface area contributed by atoms with Crippen LogP contribution in [0.1, 0.15) is 0 Å². The van der Waals surface area contributed by atoms with E-state index in [4.69, 9.17) is 9.47 Å². The van der Waals surface area contributed by atoms with E-state index in [1.807, 2.05) is 4.90 Å². The monoisotopic (exact) mass is 419 g/mol. The zero-order valence-corrected chi connectivity index (χ0v) is 17.3. The minimum absolute atomic E-state index is 0.137. The summed E-state index contributed by atoms with van der Waals surface area (Å²) < 4.78 is 37.2. The molecule has 2 aromatic rings. The highest BCUT2D eigenvalue weighted by Gasteiger charge is 2.29. The number of carbonyl (C=O) groups is 1. The second-order valence-corrected chi connectivity index (χ2v) is 8.57. The number of rotatable bonds is 7. The lowest BCUT2D eigenvalue weighted by atomic mass is 10.3. The molecule has 1 fully saturated rings. The average Bonchev–Trinajstić information content (AvgIpc) is 2.74. The summed E-state index contributed by atoms with van der Waals surface area (Å²) in [5.41, 5.74) is 0.691. The summed E-state index contributed by atoms with van der Waals surface area (Å²) in [4.78, 5) is 14.5. The normalized spacial score (nSPS) is 15.7. The minimum atomic E-state index is -3.56. The van der Waals surface area contributed by atoms with Crippen LogP contribution in [-0.2, 0) is 14.8 Å². The molecule has 0 unspecified atom stereocenters. The third kappa shape index (κ3) is 5.26. The summed E-state index contributed by atoms with van der Waals surface area (Å²) in [5, 5.41) is 2.84. The Kier molecular flexibility index (Phi) is 6.73. The Balaban J connectivity index is 1.52. The first-order valence-electron chi connectivity index (χ1n) is 9.23. The number of hydrogen-bond donors (Lipinski definition) is 1. The maximum atomic E-state index is 12.8. The summed E-state index contributed by atoms with van der Waals surface area (Å²) in [6, 6.07) is 13.5. The lowest BCUT2D eigenvalue weighted by molar-refractivity contribution is -0.117. The summed E-state index contributed by atoms with van der Waals surface area (Å²) in [6.07, 6.45) is 0. The number of ether oxygens (including phenoxy) is 2. The zero-order valence-electron chi connectivity index (χ0n) is 16.5. The van der Waals surface area contributed by atoms with Gasteiger partial charge in [-0.3, -0.25) is 9.69 Å². The molecular weight excluding hydrogens is 394 g/mol. The summed E-state index contributed by atoms with van der Waals surface area (Å²) >= 11 is 0. The third-order valence-corrected chi connectivity index (χ3v) is 6.68. The van der Waals surface area contributed by atoms with Gasteiger partial charge in [-0.15, -0.1) is 0 Å². The van der Waals surface area contributed by atoms with Crippen molar-refractivity contribution in [1.29, 1.82) is 0 Å². The highest BCUT2D eigenvalue weighted by molar-refractivity contribution is 7.89. The fourth-order valence-corrected chi connectivity index (χ4v) is 4.52. The molecule has 2 aromatic carbocycles. The van der Waals surface area contributed by atoms with Crippen LogP contribution in [0.5, 0.6) is 11.5 Å². The lowest BCUT2D eigenvalue weighted by Gasteiger charge is -2.33. The van der Waals surface area contributed by atoms with Crippen LogP contribution in [0.4, 0.5) is 5.69 Å². The van der Waals surface area contributed by atoms with Crippen LogP contribution in [-0.4, -0.2) is 70.5 Å². The molecule has 9 heteroatoms. The largest absolute Gasteiger partial charge is 0.497 e. The van der Waals surface area contributed by atoms with E-state index in [9.17, 15) is 13.2 Å². The number of anilines is 1. The molecule has 29 heavy (non-hydrogen) atoms. The van der Waals surface area contributed by atoms with E-state index in [1.165, 1.54) is 11.4 Å². The van der Waals surface area contributed by atoms with Crippen molar-refractivity contribution in [2.75, 3.05) is 52.3 Å². The highest BCUT2D eigenvalue weighted by Crippen LogP contribution is 2.21. The summed E-state index contributed by atoms with van der Waals surface area (Å²) in [6.45, 7) is 1.87. The molecule has 1 heterocycles. The number of methoxy groups -OCH3 is 2. The molecule has 0 spiro atoms. The standard InChI is InChI=1S/C20H25N3O5S/c1-27-17-5-3-16(4-6-17)21-20(24)15-22-11-13-23(14-12-22)29(25,26)19-9-7-18(28-2)8-10-19/h3-10H,11-15H2,1-2H3,(H,21,24). The van der Waals surface area contributed by atoms with Crippen LogP contribution in [0.3, 0.4) is 0 Å². The topological polar surface area (TPSA) is 88.2 Å². The van der Waals surface area contributed by atoms with Crippen molar-refractivity contribution in [1.82, 2.24) is 9.21 Å². The van der Waals surface area contributed by atoms with Gasteiger partial charge in [0.2, 0.25) is 15.9 Å². The zero-order chi connectivity index (χ0) is 20.9. The van der Waals surface area contributed by atoms with E-state index in [0.29, 0.717) is 37.6 Å². The van der Waals surface area contributed by atoms with Gasteiger partial charge in [0.05, 0.1) is 25.7 Å². The number of hydrogen-bond acceptors (Lipinski definition) is 6. The fourth-order valence-electron chi connectivity index (χ4n) is 3.10. The van der Waals surface area contributed by atoms with Gasteiger partial charge in [0.15, 0.2) is 0 Å². The molecule has 0 aliphatic carbocycles. The highest BCUT2D eigenvalue weighted by atomic mass is 32.2. The molecule has 0 saturated carbocycles. The molecule has 0 bridgehead atoms. The van der Waals surface area contributed by atoms with E-state index >= 15 is 0 Å². The number of nitrogens with zero attached hydrogens (tertiary/aromatic N) is 2. The van der Waals surface area contributed by atoms with Gasteiger partial charge >= 0.3 is 0 Å². The summed E-state index contributed by atoms with van der Waals surface area (Å²) in [7, 11) is -0.435. The molecule has 0 aromatic heterocycles. The molecule has 1 amide bonds. The van der Waals surface area contributed by atoms with E-state index in [2.05, 4.69) is 5.32 Å². The van der Waals surface area contributed by atoms with Crippen molar-refractivity contribution >= 4 is 21.6 Å². The molecule has 156 valence electrons. The van der Waals surface area contributed by atoms with Crippen LogP contribution in [0.2, 0.25) is 0 Å². The van der Waals surface area contributed by atoms with Gasteiger partial charge in [-0.1, -0.05) is 0 Å². The molecule has 1 saturated heterocycles. The first-order chi connectivity index (χ1) is 13.9. The van der Waals surface area contributed by atoms with Crippen LogP contribution < -0.4 is 14.8 Å². The van der Waals surface area contributed by atoms with E-state index < -0.39 is 10.0 Å². The molecule has 1 N–H and O–H groups in total. The molecule has 0 atom stereocenters. The first kappa shape index (κ1) is 21.1. The maximum Gasteiger partial charge on any atom is 0.243 e. The average molecular weight is 420 g/mol. The second-order valence-electron chi connectivity index (χ2n) is 6.63. The minimum Gasteiger partial charge on any atom is -0.497 e. The van der Waals surface area contributed by atoms with Crippen LogP contribution in [0.25, 0.3) is 0 Å². The smallest absolute Gasteiger partial charge is 0.243 e. The first-order valence-corrected chi connectivity index (χ1v) is 10.7. The SMILES string of the molecule is COc1ccc(NC(=O)CN2CCN(S(=O)(=O)c3ccc(OC)cc3)CC2)cc1. The second kappa shape index (κ2) is 9.25. The Labute approximate surface area is 171 Å². The Morgan fingerprint density at radius 3 is 1.93 bits per heavy atom. The van der Waals surface area contributed by atoms with Gasteiger partial charge in [-0.2, -0.15) is 4.31 Å². The van der Waals surface area contributed by atoms with Crippen LogP contribution in [0, 0.1) is 0 Å². The number of nitrogens with one attached hydrogen (secondary N) is 1. The number of piperazine rings is 1. The Hall–Kier alpha value is -2.62. The third-order valence-electron chi connectivity index (χ3n) is 4.77. The molecular formula is C20H25N3O5S. The van der Waals surface area contributed by atoms with Gasteiger partial charge in [0.25, 0.3) is 0 Å². The Bertz CT molecular complexity index is 922. The lowest BCUT2D eigenvalue weighted by Crippen LogP contribution is -2.50. The van der Waals surface area contributed by atoms with E-state index in [-0.39, 0.29) is 17.3 Å². The number of sulfonamides is 1. The van der Waals surface area contributed by atoms with Gasteiger partial charge in [0.1, 0.15) is 11.5 Å². The van der Waals surface area contributed by atoms with Gasteiger partial charge in [0, 0.05) is 31.9 Å². The Morgan fingerprint density at radius 1 is 0.897 bits per heavy atom. The van der Waals surface area contributed by atoms with Gasteiger partial charge in [-0.05, 0) is 48.5 Å². The van der Waals surface area contributed by atoms with Crippen LogP contribution in [0.15, 0.2) is 53.4 Å². The molecule has 1 aliphatic rings. The fraction of sp³-hybridized carbons (Fsp3) is 0.350. The van der Waals surface area contributed by atoms with Crippen molar-refractivity contribution < 1.29 is 22.7 Å². The van der Waals surface area contributed by atoms with Crippen molar-refractivity contribution in [3.63, 3.8) is 0 Å². The molecule has 0 radical (unpaired) electrons. The van der Waals surface area contributed by atoms with Crippen LogP contribution >= 0.6 is 0 Å². The van der Waals surface area contributed by atoms with E-state index in [0.717, 1.165) is 5.75 Å². The van der Waals surface area contributed by atoms with Gasteiger partial charge < -0.3 is 14.8 Å². The van der Waals surface area contributed by atoms with Crippen molar-refractivity contribution in [2.24, 2.45) is 0 Å². The Morgan fingerprint density at radius 2 is 1.41 bits per heavy atom. The van der Waals surface area contributed by atoms with E-state index in [1.54, 1.807) is 55.6 Å². The maximum absolute atomic E-state index is 12.8. The van der Waals surface area contributed by atoms with Crippen molar-refractivity contribution in [3.05, 3.63) is 48.5 Å². The number of benzene rings is 2. The van der Waals surface area contributed by atoms with Crippen molar-refractivity contribution in [2.45, 2.75) is 4.90 Å². The molecule has 8 nitrogen and oxygen atoms in total. The predicted molar refractivity (Wildman–Crippen MR) is 110 cm³/mol.